The molecule has 0 fully saturated rings. The molecule has 0 saturated heterocycles. The van der Waals surface area contributed by atoms with Crippen LogP contribution < -0.4 is 10.6 Å². The van der Waals surface area contributed by atoms with Crippen molar-refractivity contribution in [2.24, 2.45) is 0 Å². The molecule has 106 valence electrons. The van der Waals surface area contributed by atoms with E-state index in [1.54, 1.807) is 18.2 Å². The van der Waals surface area contributed by atoms with Gasteiger partial charge in [0.25, 0.3) is 11.8 Å². The predicted octanol–water partition coefficient (Wildman–Crippen LogP) is 4.14. The molecule has 0 aromatic heterocycles. The number of nitrogens with two attached hydrogens (primary N) is 1. The topological polar surface area (TPSA) is 63.4 Å². The number of hydrogen-bond acceptors (Lipinski definition) is 3. The monoisotopic (exact) mass is 384 g/mol. The lowest BCUT2D eigenvalue weighted by Gasteiger charge is -2.17. The largest absolute Gasteiger partial charge is 0.399 e. The number of imide groups is 1. The Morgan fingerprint density at radius 2 is 1.52 bits per heavy atom. The molecule has 0 saturated carbocycles. The van der Waals surface area contributed by atoms with Gasteiger partial charge < -0.3 is 5.73 Å². The van der Waals surface area contributed by atoms with Crippen LogP contribution in [0, 0.1) is 0 Å². The molecule has 1 heterocycles. The second-order valence-electron chi connectivity index (χ2n) is 4.47. The molecule has 0 spiro atoms. The maximum atomic E-state index is 12.5. The number of nitrogens with zero attached hydrogens (tertiary/aromatic N) is 1. The second kappa shape index (κ2) is 5.02. The summed E-state index contributed by atoms with van der Waals surface area (Å²) in [4.78, 5) is 25.9. The first-order valence-corrected chi connectivity index (χ1v) is 7.38. The van der Waals surface area contributed by atoms with E-state index in [2.05, 4.69) is 15.9 Å². The fourth-order valence-corrected chi connectivity index (χ4v) is 3.59. The van der Waals surface area contributed by atoms with Gasteiger partial charge in [0.15, 0.2) is 0 Å². The molecule has 7 heteroatoms. The van der Waals surface area contributed by atoms with Gasteiger partial charge >= 0.3 is 0 Å². The number of anilines is 2. The minimum absolute atomic E-state index is 0.173. The number of nitrogen functional groups attached to an aromatic ring is 1. The molecule has 2 aromatic rings. The van der Waals surface area contributed by atoms with E-state index in [0.717, 1.165) is 4.90 Å². The molecule has 2 N–H and O–H groups in total. The third-order valence-corrected chi connectivity index (χ3v) is 4.15. The first kappa shape index (κ1) is 14.4. The maximum absolute atomic E-state index is 12.5. The van der Waals surface area contributed by atoms with Gasteiger partial charge in [-0.25, -0.2) is 4.90 Å². The standard InChI is InChI=1S/C14H7BrCl2N2O2/c15-6-3-10(16)12(11(17)4-6)19-13(20)8-2-1-7(18)5-9(8)14(19)21/h1-5H,18H2. The zero-order valence-corrected chi connectivity index (χ0v) is 13.5. The van der Waals surface area contributed by atoms with Crippen molar-refractivity contribution < 1.29 is 9.59 Å². The van der Waals surface area contributed by atoms with Crippen LogP contribution in [0.5, 0.6) is 0 Å². The Hall–Kier alpha value is -1.56. The van der Waals surface area contributed by atoms with Crippen molar-refractivity contribution in [2.45, 2.75) is 0 Å². The van der Waals surface area contributed by atoms with Crippen LogP contribution in [-0.2, 0) is 0 Å². The number of carbonyl (C=O) groups excluding carboxylic acids is 2. The van der Waals surface area contributed by atoms with Crippen molar-refractivity contribution in [3.8, 4) is 0 Å². The summed E-state index contributed by atoms with van der Waals surface area (Å²) >= 11 is 15.5. The molecule has 0 aliphatic carbocycles. The molecule has 2 amide bonds. The molecule has 0 atom stereocenters. The van der Waals surface area contributed by atoms with Crippen LogP contribution >= 0.6 is 39.1 Å². The molecule has 0 bridgehead atoms. The van der Waals surface area contributed by atoms with Crippen LogP contribution in [0.1, 0.15) is 20.7 Å². The van der Waals surface area contributed by atoms with Gasteiger partial charge in [0.1, 0.15) is 0 Å². The highest BCUT2D eigenvalue weighted by Crippen LogP contribution is 2.40. The number of fused-ring (bicyclic) bond motifs is 1. The van der Waals surface area contributed by atoms with E-state index in [0.29, 0.717) is 10.2 Å². The maximum Gasteiger partial charge on any atom is 0.266 e. The lowest BCUT2D eigenvalue weighted by molar-refractivity contribution is 0.0926. The number of rotatable bonds is 1. The molecule has 1 aliphatic heterocycles. The van der Waals surface area contributed by atoms with Crippen molar-refractivity contribution in [3.05, 3.63) is 56.0 Å². The lowest BCUT2D eigenvalue weighted by atomic mass is 10.1. The molecule has 21 heavy (non-hydrogen) atoms. The average Bonchev–Trinajstić information content (AvgIpc) is 2.62. The summed E-state index contributed by atoms with van der Waals surface area (Å²) in [7, 11) is 0. The molecule has 3 rings (SSSR count). The van der Waals surface area contributed by atoms with E-state index < -0.39 is 11.8 Å². The summed E-state index contributed by atoms with van der Waals surface area (Å²) in [5.74, 6) is -0.963. The van der Waals surface area contributed by atoms with E-state index in [1.165, 1.54) is 12.1 Å². The third kappa shape index (κ3) is 2.21. The fourth-order valence-electron chi connectivity index (χ4n) is 2.21. The van der Waals surface area contributed by atoms with Crippen molar-refractivity contribution in [2.75, 3.05) is 10.6 Å². The average molecular weight is 386 g/mol. The van der Waals surface area contributed by atoms with E-state index >= 15 is 0 Å². The minimum Gasteiger partial charge on any atom is -0.399 e. The number of hydrogen-bond donors (Lipinski definition) is 1. The van der Waals surface area contributed by atoms with Gasteiger partial charge in [-0.05, 0) is 30.3 Å². The quantitative estimate of drug-likeness (QED) is 0.592. The Morgan fingerprint density at radius 1 is 0.952 bits per heavy atom. The Labute approximate surface area is 138 Å². The molecule has 0 unspecified atom stereocenters. The second-order valence-corrected chi connectivity index (χ2v) is 6.20. The van der Waals surface area contributed by atoms with Gasteiger partial charge in [-0.3, -0.25) is 9.59 Å². The molecule has 2 aromatic carbocycles. The van der Waals surface area contributed by atoms with Crippen LogP contribution in [0.25, 0.3) is 0 Å². The Bertz CT molecular complexity index is 785. The summed E-state index contributed by atoms with van der Waals surface area (Å²) in [5, 5.41) is 0.411. The summed E-state index contributed by atoms with van der Waals surface area (Å²) < 4.78 is 0.655. The highest BCUT2D eigenvalue weighted by Gasteiger charge is 2.38. The van der Waals surface area contributed by atoms with Crippen molar-refractivity contribution in [1.29, 1.82) is 0 Å². The Balaban J connectivity index is 2.19. The molecule has 1 aliphatic rings. The lowest BCUT2D eigenvalue weighted by Crippen LogP contribution is -2.30. The molecule has 4 nitrogen and oxygen atoms in total. The number of amides is 2. The van der Waals surface area contributed by atoms with Crippen LogP contribution in [0.3, 0.4) is 0 Å². The van der Waals surface area contributed by atoms with Crippen molar-refractivity contribution in [1.82, 2.24) is 0 Å². The van der Waals surface area contributed by atoms with E-state index in [4.69, 9.17) is 28.9 Å². The highest BCUT2D eigenvalue weighted by molar-refractivity contribution is 9.10. The van der Waals surface area contributed by atoms with Gasteiger partial charge in [0.2, 0.25) is 0 Å². The predicted molar refractivity (Wildman–Crippen MR) is 86.2 cm³/mol. The summed E-state index contributed by atoms with van der Waals surface area (Å²) in [5.41, 5.74) is 6.77. The van der Waals surface area contributed by atoms with Crippen molar-refractivity contribution in [3.63, 3.8) is 0 Å². The van der Waals surface area contributed by atoms with Crippen LogP contribution in [0.15, 0.2) is 34.8 Å². The fraction of sp³-hybridized carbons (Fsp3) is 0. The van der Waals surface area contributed by atoms with Gasteiger partial charge in [-0.1, -0.05) is 39.1 Å². The number of halogens is 3. The van der Waals surface area contributed by atoms with E-state index in [9.17, 15) is 9.59 Å². The summed E-state index contributed by atoms with van der Waals surface area (Å²) in [6.07, 6.45) is 0. The van der Waals surface area contributed by atoms with Crippen molar-refractivity contribution >= 4 is 62.3 Å². The summed E-state index contributed by atoms with van der Waals surface area (Å²) in [6.45, 7) is 0. The summed E-state index contributed by atoms with van der Waals surface area (Å²) in [6, 6.07) is 7.70. The van der Waals surface area contributed by atoms with Crippen LogP contribution in [-0.4, -0.2) is 11.8 Å². The molecule has 0 radical (unpaired) electrons. The zero-order chi connectivity index (χ0) is 15.3. The SMILES string of the molecule is Nc1ccc2c(c1)C(=O)N(c1c(Cl)cc(Br)cc1Cl)C2=O. The van der Waals surface area contributed by atoms with Crippen LogP contribution in [0.2, 0.25) is 10.0 Å². The highest BCUT2D eigenvalue weighted by atomic mass is 79.9. The third-order valence-electron chi connectivity index (χ3n) is 3.12. The first-order chi connectivity index (χ1) is 9.90. The Kier molecular flexibility index (Phi) is 3.43. The van der Waals surface area contributed by atoms with E-state index in [1.807, 2.05) is 0 Å². The molecular weight excluding hydrogens is 379 g/mol. The smallest absolute Gasteiger partial charge is 0.266 e. The van der Waals surface area contributed by atoms with Gasteiger partial charge in [-0.15, -0.1) is 0 Å². The Morgan fingerprint density at radius 3 is 2.14 bits per heavy atom. The van der Waals surface area contributed by atoms with E-state index in [-0.39, 0.29) is 26.9 Å². The normalized spacial score (nSPS) is 13.8. The zero-order valence-electron chi connectivity index (χ0n) is 10.4. The number of benzene rings is 2. The van der Waals surface area contributed by atoms with Crippen LogP contribution in [0.4, 0.5) is 11.4 Å². The molecular formula is C14H7BrCl2N2O2. The van der Waals surface area contributed by atoms with Gasteiger partial charge in [0.05, 0.1) is 26.9 Å². The van der Waals surface area contributed by atoms with Gasteiger partial charge in [0, 0.05) is 10.2 Å². The van der Waals surface area contributed by atoms with Gasteiger partial charge in [-0.2, -0.15) is 0 Å². The first-order valence-electron chi connectivity index (χ1n) is 5.83. The minimum atomic E-state index is -0.492. The number of carbonyl (C=O) groups is 2.